The lowest BCUT2D eigenvalue weighted by Gasteiger charge is -2.19. The Kier molecular flexibility index (Phi) is 5.01. The number of nitrogens with zero attached hydrogens (tertiary/aromatic N) is 2. The minimum Gasteiger partial charge on any atom is -0.369 e. The zero-order valence-electron chi connectivity index (χ0n) is 16.4. The summed E-state index contributed by atoms with van der Waals surface area (Å²) in [4.78, 5) is 22.1. The SMILES string of the molecule is O=C(c1c(F)ccc(NS(=O)(=O)C2C=Cc3ncsc3C2)c1F)C1CNc2ncccc21. The van der Waals surface area contributed by atoms with Gasteiger partial charge in [0.2, 0.25) is 10.0 Å². The number of Topliss-reactive ketones (excluding diaryl/α,β-unsaturated/α-hetero) is 1. The second kappa shape index (κ2) is 7.75. The van der Waals surface area contributed by atoms with Crippen LogP contribution < -0.4 is 10.0 Å². The Balaban J connectivity index is 1.44. The molecule has 0 fully saturated rings. The van der Waals surface area contributed by atoms with E-state index in [1.165, 1.54) is 17.4 Å². The maximum absolute atomic E-state index is 15.3. The summed E-state index contributed by atoms with van der Waals surface area (Å²) in [6.07, 6.45) is 4.82. The predicted molar refractivity (Wildman–Crippen MR) is 117 cm³/mol. The standard InChI is InChI=1S/C21H16F2N4O3S2/c22-14-4-6-16(27-32(29,30)11-3-5-15-17(8-11)31-10-26-15)19(23)18(14)20(28)13-9-25-21-12(13)2-1-7-24-21/h1-7,10-11,13,27H,8-9H2,(H,24,25). The molecule has 0 spiro atoms. The molecule has 2 atom stereocenters. The van der Waals surface area contributed by atoms with E-state index in [1.807, 2.05) is 0 Å². The van der Waals surface area contributed by atoms with Gasteiger partial charge in [-0.25, -0.2) is 27.2 Å². The van der Waals surface area contributed by atoms with Crippen LogP contribution in [0.1, 0.15) is 32.4 Å². The summed E-state index contributed by atoms with van der Waals surface area (Å²) in [7, 11) is -4.06. The lowest BCUT2D eigenvalue weighted by atomic mass is 9.92. The van der Waals surface area contributed by atoms with Crippen LogP contribution in [0.4, 0.5) is 20.3 Å². The summed E-state index contributed by atoms with van der Waals surface area (Å²) >= 11 is 1.34. The summed E-state index contributed by atoms with van der Waals surface area (Å²) in [5.74, 6) is -3.43. The monoisotopic (exact) mass is 474 g/mol. The molecule has 0 bridgehead atoms. The van der Waals surface area contributed by atoms with E-state index in [9.17, 15) is 17.6 Å². The summed E-state index contributed by atoms with van der Waals surface area (Å²) in [6.45, 7) is 0.143. The Morgan fingerprint density at radius 2 is 2.06 bits per heavy atom. The van der Waals surface area contributed by atoms with E-state index < -0.39 is 49.9 Å². The molecular formula is C21H16F2N4O3S2. The number of nitrogens with one attached hydrogen (secondary N) is 2. The third kappa shape index (κ3) is 3.47. The Labute approximate surface area is 186 Å². The third-order valence-corrected chi connectivity index (χ3v) is 8.02. The van der Waals surface area contributed by atoms with Crippen molar-refractivity contribution in [1.29, 1.82) is 0 Å². The van der Waals surface area contributed by atoms with Crippen molar-refractivity contribution < 1.29 is 22.0 Å². The molecule has 0 amide bonds. The number of anilines is 2. The Morgan fingerprint density at radius 1 is 1.22 bits per heavy atom. The van der Waals surface area contributed by atoms with Gasteiger partial charge in [-0.15, -0.1) is 11.3 Å². The van der Waals surface area contributed by atoms with E-state index >= 15 is 4.39 Å². The van der Waals surface area contributed by atoms with Gasteiger partial charge in [0.05, 0.1) is 28.4 Å². The van der Waals surface area contributed by atoms with Crippen molar-refractivity contribution in [2.45, 2.75) is 17.6 Å². The van der Waals surface area contributed by atoms with E-state index in [0.717, 1.165) is 17.0 Å². The number of hydrogen-bond donors (Lipinski definition) is 2. The molecule has 3 heterocycles. The first-order valence-corrected chi connectivity index (χ1v) is 12.1. The first kappa shape index (κ1) is 20.7. The minimum absolute atomic E-state index is 0.143. The van der Waals surface area contributed by atoms with Crippen LogP contribution in [-0.4, -0.2) is 36.0 Å². The zero-order chi connectivity index (χ0) is 22.5. The predicted octanol–water partition coefficient (Wildman–Crippen LogP) is 3.59. The van der Waals surface area contributed by atoms with Crippen LogP contribution in [0, 0.1) is 11.6 Å². The third-order valence-electron chi connectivity index (χ3n) is 5.52. The molecule has 1 aromatic carbocycles. The number of thiazole rings is 1. The lowest BCUT2D eigenvalue weighted by molar-refractivity contribution is 0.0958. The molecule has 1 aliphatic heterocycles. The van der Waals surface area contributed by atoms with Gasteiger partial charge in [0.15, 0.2) is 11.6 Å². The Hall–Kier alpha value is -3.18. The van der Waals surface area contributed by atoms with Gasteiger partial charge < -0.3 is 5.32 Å². The Morgan fingerprint density at radius 3 is 2.91 bits per heavy atom. The van der Waals surface area contributed by atoms with E-state index in [0.29, 0.717) is 17.1 Å². The fraction of sp³-hybridized carbons (Fsp3) is 0.190. The summed E-state index contributed by atoms with van der Waals surface area (Å²) < 4.78 is 57.7. The number of aromatic nitrogens is 2. The first-order valence-electron chi connectivity index (χ1n) is 9.68. The van der Waals surface area contributed by atoms with Crippen LogP contribution in [0.2, 0.25) is 0 Å². The minimum atomic E-state index is -4.06. The van der Waals surface area contributed by atoms with Gasteiger partial charge in [0, 0.05) is 29.6 Å². The van der Waals surface area contributed by atoms with Gasteiger partial charge in [0.25, 0.3) is 0 Å². The first-order chi connectivity index (χ1) is 15.3. The van der Waals surface area contributed by atoms with Crippen molar-refractivity contribution in [2.24, 2.45) is 0 Å². The highest BCUT2D eigenvalue weighted by molar-refractivity contribution is 7.93. The normalized spacial score (nSPS) is 19.2. The van der Waals surface area contributed by atoms with Crippen molar-refractivity contribution in [3.63, 3.8) is 0 Å². The highest BCUT2D eigenvalue weighted by Crippen LogP contribution is 2.35. The molecule has 7 nitrogen and oxygen atoms in total. The molecule has 1 aliphatic carbocycles. The molecule has 0 saturated carbocycles. The summed E-state index contributed by atoms with van der Waals surface area (Å²) in [5, 5.41) is 1.99. The molecule has 2 aromatic heterocycles. The molecule has 164 valence electrons. The zero-order valence-corrected chi connectivity index (χ0v) is 18.0. The smallest absolute Gasteiger partial charge is 0.239 e. The van der Waals surface area contributed by atoms with Crippen molar-refractivity contribution in [3.8, 4) is 0 Å². The topological polar surface area (TPSA) is 101 Å². The molecule has 5 rings (SSSR count). The molecular weight excluding hydrogens is 458 g/mol. The van der Waals surface area contributed by atoms with Gasteiger partial charge in [-0.2, -0.15) is 0 Å². The second-order valence-electron chi connectivity index (χ2n) is 7.43. The number of ketones is 1. The number of benzene rings is 1. The molecule has 2 aliphatic rings. The molecule has 0 radical (unpaired) electrons. The van der Waals surface area contributed by atoms with Crippen LogP contribution in [0.5, 0.6) is 0 Å². The van der Waals surface area contributed by atoms with Crippen LogP contribution in [0.15, 0.2) is 42.0 Å². The number of halogens is 2. The highest BCUT2D eigenvalue weighted by atomic mass is 32.2. The van der Waals surface area contributed by atoms with E-state index in [1.54, 1.807) is 29.9 Å². The van der Waals surface area contributed by atoms with Crippen LogP contribution >= 0.6 is 11.3 Å². The molecule has 3 aromatic rings. The second-order valence-corrected chi connectivity index (χ2v) is 10.3. The van der Waals surface area contributed by atoms with E-state index in [2.05, 4.69) is 20.0 Å². The number of hydrogen-bond acceptors (Lipinski definition) is 7. The maximum Gasteiger partial charge on any atom is 0.239 e. The fourth-order valence-electron chi connectivity index (χ4n) is 3.88. The fourth-order valence-corrected chi connectivity index (χ4v) is 6.08. The van der Waals surface area contributed by atoms with Crippen molar-refractivity contribution >= 4 is 44.7 Å². The van der Waals surface area contributed by atoms with Gasteiger partial charge in [-0.05, 0) is 24.3 Å². The Bertz CT molecular complexity index is 1370. The number of pyridine rings is 1. The van der Waals surface area contributed by atoms with Crippen LogP contribution in [-0.2, 0) is 16.4 Å². The molecule has 32 heavy (non-hydrogen) atoms. The molecule has 11 heteroatoms. The van der Waals surface area contributed by atoms with Gasteiger partial charge in [-0.3, -0.25) is 9.52 Å². The number of sulfonamides is 1. The van der Waals surface area contributed by atoms with Gasteiger partial charge >= 0.3 is 0 Å². The summed E-state index contributed by atoms with van der Waals surface area (Å²) in [6, 6.07) is 5.16. The van der Waals surface area contributed by atoms with Gasteiger partial charge in [-0.1, -0.05) is 12.1 Å². The largest absolute Gasteiger partial charge is 0.369 e. The van der Waals surface area contributed by atoms with E-state index in [4.69, 9.17) is 0 Å². The maximum atomic E-state index is 15.3. The quantitative estimate of drug-likeness (QED) is 0.548. The van der Waals surface area contributed by atoms with Crippen molar-refractivity contribution in [3.05, 3.63) is 75.4 Å². The van der Waals surface area contributed by atoms with E-state index in [-0.39, 0.29) is 13.0 Å². The van der Waals surface area contributed by atoms with Crippen LogP contribution in [0.25, 0.3) is 6.08 Å². The number of rotatable bonds is 5. The highest BCUT2D eigenvalue weighted by Gasteiger charge is 2.35. The van der Waals surface area contributed by atoms with Crippen LogP contribution in [0.3, 0.4) is 0 Å². The van der Waals surface area contributed by atoms with Gasteiger partial charge in [0.1, 0.15) is 16.9 Å². The number of carbonyl (C=O) groups is 1. The lowest BCUT2D eigenvalue weighted by Crippen LogP contribution is -2.30. The average molecular weight is 475 g/mol. The van der Waals surface area contributed by atoms with Crippen molar-refractivity contribution in [2.75, 3.05) is 16.6 Å². The average Bonchev–Trinajstić information content (AvgIpc) is 3.42. The molecule has 2 N–H and O–H groups in total. The number of carbonyl (C=O) groups excluding carboxylic acids is 1. The number of fused-ring (bicyclic) bond motifs is 2. The van der Waals surface area contributed by atoms with Crippen molar-refractivity contribution in [1.82, 2.24) is 9.97 Å². The summed E-state index contributed by atoms with van der Waals surface area (Å²) in [5.41, 5.74) is 1.62. The molecule has 2 unspecified atom stereocenters. The molecule has 0 saturated heterocycles.